The van der Waals surface area contributed by atoms with Crippen LogP contribution >= 0.6 is 0 Å². The molecule has 25 heavy (non-hydrogen) atoms. The average Bonchev–Trinajstić information content (AvgIpc) is 2.62. The number of anilines is 1. The number of amides is 2. The van der Waals surface area contributed by atoms with Crippen molar-refractivity contribution >= 4 is 23.7 Å². The topological polar surface area (TPSA) is 79.8 Å². The van der Waals surface area contributed by atoms with Gasteiger partial charge in [0.15, 0.2) is 0 Å². The van der Waals surface area contributed by atoms with Gasteiger partial charge in [-0.15, -0.1) is 6.42 Å². The van der Waals surface area contributed by atoms with Crippen molar-refractivity contribution in [3.05, 3.63) is 59.9 Å². The second-order valence-electron chi connectivity index (χ2n) is 4.69. The fourth-order valence-corrected chi connectivity index (χ4v) is 1.77. The van der Waals surface area contributed by atoms with Gasteiger partial charge in [0.25, 0.3) is 0 Å². The first-order valence-electron chi connectivity index (χ1n) is 7.15. The fraction of sp³-hybridized carbons (Fsp3) is 0.0556. The molecule has 0 heterocycles. The number of halogens is 1. The maximum Gasteiger partial charge on any atom is 0.329 e. The number of hydrogen-bond donors (Lipinski definition) is 2. The summed E-state index contributed by atoms with van der Waals surface area (Å²) in [5.41, 5.74) is 2.97. The molecule has 126 valence electrons. The Morgan fingerprint density at radius 2 is 1.88 bits per heavy atom. The van der Waals surface area contributed by atoms with Gasteiger partial charge in [0, 0.05) is 11.3 Å². The van der Waals surface area contributed by atoms with Crippen LogP contribution in [0, 0.1) is 18.2 Å². The maximum absolute atomic E-state index is 12.8. The molecule has 2 aromatic carbocycles. The smallest absolute Gasteiger partial charge is 0.329 e. The molecule has 0 saturated carbocycles. The van der Waals surface area contributed by atoms with Crippen molar-refractivity contribution in [3.8, 4) is 18.1 Å². The fourth-order valence-electron chi connectivity index (χ4n) is 1.77. The van der Waals surface area contributed by atoms with Gasteiger partial charge in [-0.2, -0.15) is 5.10 Å². The summed E-state index contributed by atoms with van der Waals surface area (Å²) in [6.45, 7) is 0.0945. The highest BCUT2D eigenvalue weighted by molar-refractivity contribution is 6.39. The second-order valence-corrected chi connectivity index (χ2v) is 4.69. The van der Waals surface area contributed by atoms with Gasteiger partial charge in [-0.05, 0) is 36.4 Å². The molecule has 2 rings (SSSR count). The Morgan fingerprint density at radius 3 is 2.60 bits per heavy atom. The summed E-state index contributed by atoms with van der Waals surface area (Å²) in [6.07, 6.45) is 6.47. The molecule has 2 aromatic rings. The number of carbonyl (C=O) groups is 2. The van der Waals surface area contributed by atoms with Crippen LogP contribution in [0.3, 0.4) is 0 Å². The van der Waals surface area contributed by atoms with E-state index in [0.29, 0.717) is 17.0 Å². The molecule has 0 aromatic heterocycles. The molecule has 2 amide bonds. The molecule has 0 atom stereocenters. The summed E-state index contributed by atoms with van der Waals surface area (Å²) >= 11 is 0. The minimum absolute atomic E-state index is 0.0945. The van der Waals surface area contributed by atoms with E-state index < -0.39 is 17.6 Å². The predicted molar refractivity (Wildman–Crippen MR) is 91.5 cm³/mol. The number of benzene rings is 2. The summed E-state index contributed by atoms with van der Waals surface area (Å²) in [5, 5.41) is 6.03. The summed E-state index contributed by atoms with van der Waals surface area (Å²) < 4.78 is 18.1. The lowest BCUT2D eigenvalue weighted by Gasteiger charge is -2.06. The number of nitrogens with one attached hydrogen (secondary N) is 2. The van der Waals surface area contributed by atoms with Crippen molar-refractivity contribution < 1.29 is 18.7 Å². The Morgan fingerprint density at radius 1 is 1.16 bits per heavy atom. The zero-order valence-corrected chi connectivity index (χ0v) is 13.0. The normalized spacial score (nSPS) is 10.1. The Labute approximate surface area is 143 Å². The lowest BCUT2D eigenvalue weighted by molar-refractivity contribution is -0.136. The highest BCUT2D eigenvalue weighted by Crippen LogP contribution is 2.15. The second kappa shape index (κ2) is 8.84. The van der Waals surface area contributed by atoms with Crippen LogP contribution in [0.2, 0.25) is 0 Å². The number of ether oxygens (including phenoxy) is 1. The van der Waals surface area contributed by atoms with E-state index in [4.69, 9.17) is 11.2 Å². The summed E-state index contributed by atoms with van der Waals surface area (Å²) in [4.78, 5) is 23.4. The van der Waals surface area contributed by atoms with E-state index in [0.717, 1.165) is 0 Å². The van der Waals surface area contributed by atoms with Crippen LogP contribution in [0.1, 0.15) is 5.56 Å². The van der Waals surface area contributed by atoms with Crippen molar-refractivity contribution in [3.63, 3.8) is 0 Å². The highest BCUT2D eigenvalue weighted by atomic mass is 19.1. The van der Waals surface area contributed by atoms with Gasteiger partial charge in [0.05, 0.1) is 6.21 Å². The monoisotopic (exact) mass is 339 g/mol. The highest BCUT2D eigenvalue weighted by Gasteiger charge is 2.12. The van der Waals surface area contributed by atoms with E-state index >= 15 is 0 Å². The van der Waals surface area contributed by atoms with E-state index in [-0.39, 0.29) is 6.61 Å². The summed E-state index contributed by atoms with van der Waals surface area (Å²) in [5.74, 6) is 0.495. The van der Waals surface area contributed by atoms with Crippen molar-refractivity contribution in [1.82, 2.24) is 5.43 Å². The van der Waals surface area contributed by atoms with Gasteiger partial charge in [-0.1, -0.05) is 18.1 Å². The third-order valence-electron chi connectivity index (χ3n) is 2.91. The first-order valence-corrected chi connectivity index (χ1v) is 7.15. The molecule has 0 aliphatic carbocycles. The van der Waals surface area contributed by atoms with E-state index in [2.05, 4.69) is 21.8 Å². The van der Waals surface area contributed by atoms with Gasteiger partial charge in [-0.25, -0.2) is 9.82 Å². The number of para-hydroxylation sites is 1. The number of rotatable bonds is 5. The molecule has 6 nitrogen and oxygen atoms in total. The van der Waals surface area contributed by atoms with Crippen molar-refractivity contribution in [2.45, 2.75) is 0 Å². The molecule has 2 N–H and O–H groups in total. The van der Waals surface area contributed by atoms with Crippen LogP contribution in [0.5, 0.6) is 5.75 Å². The van der Waals surface area contributed by atoms with Gasteiger partial charge in [-0.3, -0.25) is 9.59 Å². The van der Waals surface area contributed by atoms with Crippen molar-refractivity contribution in [2.75, 3.05) is 11.9 Å². The van der Waals surface area contributed by atoms with Crippen molar-refractivity contribution in [2.24, 2.45) is 5.10 Å². The molecular weight excluding hydrogens is 325 g/mol. The number of hydrogen-bond acceptors (Lipinski definition) is 4. The Balaban J connectivity index is 1.93. The first-order chi connectivity index (χ1) is 12.1. The standard InChI is InChI=1S/C18H14FN3O3/c1-2-11-25-16-6-4-3-5-13(16)12-20-22-18(24)17(23)21-15-9-7-14(19)8-10-15/h1,3-10,12H,11H2,(H,21,23)(H,22,24). The number of terminal acetylenes is 1. The summed E-state index contributed by atoms with van der Waals surface area (Å²) in [6, 6.07) is 11.9. The third kappa shape index (κ3) is 5.48. The molecule has 0 saturated heterocycles. The van der Waals surface area contributed by atoms with Gasteiger partial charge in [0.2, 0.25) is 0 Å². The van der Waals surface area contributed by atoms with Crippen LogP contribution < -0.4 is 15.5 Å². The van der Waals surface area contributed by atoms with Crippen LogP contribution in [0.4, 0.5) is 10.1 Å². The van der Waals surface area contributed by atoms with Crippen molar-refractivity contribution in [1.29, 1.82) is 0 Å². The quantitative estimate of drug-likeness (QED) is 0.378. The zero-order chi connectivity index (χ0) is 18.1. The zero-order valence-electron chi connectivity index (χ0n) is 13.0. The van der Waals surface area contributed by atoms with Gasteiger partial charge in [0.1, 0.15) is 18.2 Å². The molecule has 0 spiro atoms. The van der Waals surface area contributed by atoms with E-state index in [1.165, 1.54) is 30.5 Å². The molecule has 0 aliphatic heterocycles. The number of hydrazone groups is 1. The van der Waals surface area contributed by atoms with Gasteiger partial charge < -0.3 is 10.1 Å². The lowest BCUT2D eigenvalue weighted by Crippen LogP contribution is -2.32. The van der Waals surface area contributed by atoms with Crippen LogP contribution in [0.25, 0.3) is 0 Å². The molecule has 0 bridgehead atoms. The van der Waals surface area contributed by atoms with Gasteiger partial charge >= 0.3 is 11.8 Å². The Bertz CT molecular complexity index is 826. The number of nitrogens with zero attached hydrogens (tertiary/aromatic N) is 1. The third-order valence-corrected chi connectivity index (χ3v) is 2.91. The SMILES string of the molecule is C#CCOc1ccccc1C=NNC(=O)C(=O)Nc1ccc(F)cc1. The maximum atomic E-state index is 12.8. The molecule has 0 aliphatic rings. The van der Waals surface area contributed by atoms with E-state index in [1.807, 2.05) is 0 Å². The Kier molecular flexibility index (Phi) is 6.25. The van der Waals surface area contributed by atoms with Crippen LogP contribution in [-0.2, 0) is 9.59 Å². The van der Waals surface area contributed by atoms with E-state index in [1.54, 1.807) is 24.3 Å². The summed E-state index contributed by atoms with van der Waals surface area (Å²) in [7, 11) is 0. The Hall–Kier alpha value is -3.66. The molecule has 7 heteroatoms. The average molecular weight is 339 g/mol. The van der Waals surface area contributed by atoms with Crippen LogP contribution in [-0.4, -0.2) is 24.6 Å². The van der Waals surface area contributed by atoms with E-state index in [9.17, 15) is 14.0 Å². The molecule has 0 fully saturated rings. The first kappa shape index (κ1) is 17.7. The predicted octanol–water partition coefficient (Wildman–Crippen LogP) is 1.93. The lowest BCUT2D eigenvalue weighted by atomic mass is 10.2. The minimum Gasteiger partial charge on any atom is -0.480 e. The molecule has 0 radical (unpaired) electrons. The molecular formula is C18H14FN3O3. The van der Waals surface area contributed by atoms with Crippen LogP contribution in [0.15, 0.2) is 53.6 Å². The largest absolute Gasteiger partial charge is 0.480 e. The minimum atomic E-state index is -0.970. The molecule has 0 unspecified atom stereocenters. The number of carbonyl (C=O) groups excluding carboxylic acids is 2.